The maximum atomic E-state index is 11.9. The summed E-state index contributed by atoms with van der Waals surface area (Å²) in [5.74, 6) is -0.0757. The van der Waals surface area contributed by atoms with Gasteiger partial charge in [0.1, 0.15) is 0 Å². The lowest BCUT2D eigenvalue weighted by Crippen LogP contribution is -2.04. The molecule has 15 heavy (non-hydrogen) atoms. The highest BCUT2D eigenvalue weighted by molar-refractivity contribution is 7.99. The Labute approximate surface area is 90.7 Å². The van der Waals surface area contributed by atoms with E-state index in [9.17, 15) is 9.18 Å². The number of rotatable bonds is 7. The normalized spacial score (nSPS) is 10.5. The van der Waals surface area contributed by atoms with Gasteiger partial charge < -0.3 is 5.11 Å². The van der Waals surface area contributed by atoms with Crippen LogP contribution in [0.5, 0.6) is 0 Å². The van der Waals surface area contributed by atoms with Crippen molar-refractivity contribution in [3.8, 4) is 0 Å². The highest BCUT2D eigenvalue weighted by Gasteiger charge is 2.01. The van der Waals surface area contributed by atoms with Crippen LogP contribution in [0.15, 0.2) is 6.20 Å². The van der Waals surface area contributed by atoms with Crippen molar-refractivity contribution in [3.63, 3.8) is 0 Å². The molecule has 0 aliphatic heterocycles. The number of halogens is 1. The van der Waals surface area contributed by atoms with Crippen molar-refractivity contribution < 1.29 is 14.3 Å². The van der Waals surface area contributed by atoms with E-state index in [1.807, 2.05) is 0 Å². The first kappa shape index (κ1) is 12.0. The molecule has 0 aliphatic carbocycles. The topological polar surface area (TPSA) is 68.0 Å². The van der Waals surface area contributed by atoms with Crippen LogP contribution >= 0.6 is 11.8 Å². The number of aryl methyl sites for hydroxylation is 2. The van der Waals surface area contributed by atoms with Crippen LogP contribution in [0.1, 0.15) is 5.69 Å². The van der Waals surface area contributed by atoms with Gasteiger partial charge in [-0.2, -0.15) is 0 Å². The second-order valence-electron chi connectivity index (χ2n) is 2.86. The number of hydrogen-bond acceptors (Lipinski definition) is 4. The molecule has 0 fully saturated rings. The van der Waals surface area contributed by atoms with E-state index in [0.717, 1.165) is 0 Å². The molecule has 1 heterocycles. The van der Waals surface area contributed by atoms with Crippen LogP contribution in [-0.2, 0) is 17.8 Å². The van der Waals surface area contributed by atoms with Crippen molar-refractivity contribution in [1.29, 1.82) is 0 Å². The highest BCUT2D eigenvalue weighted by Crippen LogP contribution is 2.01. The van der Waals surface area contributed by atoms with E-state index in [2.05, 4.69) is 10.3 Å². The lowest BCUT2D eigenvalue weighted by atomic mass is 10.4. The first-order valence-corrected chi connectivity index (χ1v) is 5.62. The van der Waals surface area contributed by atoms with Gasteiger partial charge in [-0.1, -0.05) is 5.21 Å². The second kappa shape index (κ2) is 6.39. The summed E-state index contributed by atoms with van der Waals surface area (Å²) in [6.45, 7) is 0.156. The maximum Gasteiger partial charge on any atom is 0.313 e. The number of aliphatic carboxylic acids is 1. The van der Waals surface area contributed by atoms with Gasteiger partial charge in [0.15, 0.2) is 0 Å². The quantitative estimate of drug-likeness (QED) is 0.697. The van der Waals surface area contributed by atoms with Crippen molar-refractivity contribution in [2.45, 2.75) is 13.0 Å². The first-order valence-electron chi connectivity index (χ1n) is 4.47. The predicted molar refractivity (Wildman–Crippen MR) is 54.7 cm³/mol. The van der Waals surface area contributed by atoms with Crippen molar-refractivity contribution >= 4 is 17.7 Å². The minimum Gasteiger partial charge on any atom is -0.481 e. The summed E-state index contributed by atoms with van der Waals surface area (Å²) >= 11 is 1.32. The average molecular weight is 232 g/mol. The molecule has 0 atom stereocenters. The molecule has 5 nitrogen and oxygen atoms in total. The fourth-order valence-electron chi connectivity index (χ4n) is 0.977. The monoisotopic (exact) mass is 232 g/mol. The number of hydrogen-bond donors (Lipinski definition) is 1. The molecule has 0 aliphatic rings. The second-order valence-corrected chi connectivity index (χ2v) is 3.96. The van der Waals surface area contributed by atoms with Gasteiger partial charge in [-0.25, -0.2) is 0 Å². The van der Waals surface area contributed by atoms with E-state index in [-0.39, 0.29) is 12.2 Å². The molecule has 0 radical (unpaired) electrons. The van der Waals surface area contributed by atoms with Crippen LogP contribution in [0, 0.1) is 0 Å². The predicted octanol–water partition coefficient (Wildman–Crippen LogP) is 0.608. The SMILES string of the molecule is O=C(O)CSCCn1cc(CC[18F])nn1. The van der Waals surface area contributed by atoms with E-state index in [4.69, 9.17) is 5.11 Å². The summed E-state index contributed by atoms with van der Waals surface area (Å²) in [5.41, 5.74) is 0.626. The fraction of sp³-hybridized carbons (Fsp3) is 0.625. The van der Waals surface area contributed by atoms with Crippen LogP contribution in [0.2, 0.25) is 0 Å². The van der Waals surface area contributed by atoms with E-state index >= 15 is 0 Å². The first-order chi connectivity index (χ1) is 7.22. The molecule has 84 valence electrons. The summed E-state index contributed by atoms with van der Waals surface area (Å²) in [4.78, 5) is 10.2. The van der Waals surface area contributed by atoms with Crippen molar-refractivity contribution in [3.05, 3.63) is 11.9 Å². The van der Waals surface area contributed by atoms with Gasteiger partial charge in [-0.3, -0.25) is 13.9 Å². The molecule has 0 aromatic carbocycles. The van der Waals surface area contributed by atoms with Gasteiger partial charge in [0.05, 0.1) is 24.7 Å². The lowest BCUT2D eigenvalue weighted by Gasteiger charge is -1.97. The van der Waals surface area contributed by atoms with Crippen molar-refractivity contribution in [2.75, 3.05) is 18.2 Å². The smallest absolute Gasteiger partial charge is 0.313 e. The summed E-state index contributed by atoms with van der Waals surface area (Å²) in [5, 5.41) is 15.9. The van der Waals surface area contributed by atoms with E-state index in [1.54, 1.807) is 10.9 Å². The summed E-state index contributed by atoms with van der Waals surface area (Å²) in [6, 6.07) is 0. The highest BCUT2D eigenvalue weighted by atomic mass is 32.2. The van der Waals surface area contributed by atoms with Gasteiger partial charge in [0.2, 0.25) is 0 Å². The Morgan fingerprint density at radius 2 is 2.47 bits per heavy atom. The zero-order valence-corrected chi connectivity index (χ0v) is 8.91. The molecule has 0 unspecified atom stereocenters. The van der Waals surface area contributed by atoms with Crippen LogP contribution in [0.3, 0.4) is 0 Å². The Balaban J connectivity index is 2.22. The number of carboxylic acids is 1. The van der Waals surface area contributed by atoms with Gasteiger partial charge >= 0.3 is 5.97 Å². The summed E-state index contributed by atoms with van der Waals surface area (Å²) in [6.07, 6.45) is 1.96. The lowest BCUT2D eigenvalue weighted by molar-refractivity contribution is -0.133. The molecule has 7 heteroatoms. The van der Waals surface area contributed by atoms with Gasteiger partial charge in [0.25, 0.3) is 0 Å². The molecular formula is C8H12FN3O2S. The molecule has 0 amide bonds. The van der Waals surface area contributed by atoms with Crippen molar-refractivity contribution in [2.24, 2.45) is 0 Å². The Bertz CT molecular complexity index is 319. The standard InChI is InChI=1S/C8H12FN3O2S/c9-2-1-7-5-12(11-10-7)3-4-15-6-8(13)14/h5H,1-4,6H2,(H,13,14)/i9-1. The van der Waals surface area contributed by atoms with Crippen LogP contribution in [-0.4, -0.2) is 44.3 Å². The largest absolute Gasteiger partial charge is 0.481 e. The molecule has 0 spiro atoms. The van der Waals surface area contributed by atoms with E-state index in [0.29, 0.717) is 18.0 Å². The summed E-state index contributed by atoms with van der Waals surface area (Å²) in [7, 11) is 0. The van der Waals surface area contributed by atoms with Crippen molar-refractivity contribution in [1.82, 2.24) is 15.0 Å². The molecule has 0 saturated heterocycles. The molecular weight excluding hydrogens is 220 g/mol. The number of alkyl halides is 1. The molecule has 1 aromatic rings. The summed E-state index contributed by atoms with van der Waals surface area (Å²) < 4.78 is 13.5. The van der Waals surface area contributed by atoms with E-state index < -0.39 is 12.6 Å². The minimum absolute atomic E-state index is 0.0893. The van der Waals surface area contributed by atoms with Gasteiger partial charge in [-0.05, 0) is 0 Å². The number of nitrogens with zero attached hydrogens (tertiary/aromatic N) is 3. The number of aromatic nitrogens is 3. The Morgan fingerprint density at radius 1 is 1.67 bits per heavy atom. The molecule has 1 aromatic heterocycles. The third-order valence-corrected chi connectivity index (χ3v) is 2.55. The maximum absolute atomic E-state index is 11.9. The zero-order valence-electron chi connectivity index (χ0n) is 8.10. The average Bonchev–Trinajstić information content (AvgIpc) is 2.61. The van der Waals surface area contributed by atoms with E-state index in [1.165, 1.54) is 11.8 Å². The van der Waals surface area contributed by atoms with Crippen LogP contribution in [0.25, 0.3) is 0 Å². The Kier molecular flexibility index (Phi) is 5.09. The van der Waals surface area contributed by atoms with Gasteiger partial charge in [-0.15, -0.1) is 16.9 Å². The van der Waals surface area contributed by atoms with Crippen LogP contribution in [0.4, 0.5) is 4.39 Å². The molecule has 0 bridgehead atoms. The van der Waals surface area contributed by atoms with Crippen LogP contribution < -0.4 is 0 Å². The third kappa shape index (κ3) is 4.78. The number of carboxylic acid groups (broad SMARTS) is 1. The molecule has 1 rings (SSSR count). The number of carbonyl (C=O) groups is 1. The zero-order chi connectivity index (χ0) is 11.1. The molecule has 1 N–H and O–H groups in total. The third-order valence-electron chi connectivity index (χ3n) is 1.63. The fourth-order valence-corrected chi connectivity index (χ4v) is 1.61. The molecule has 0 saturated carbocycles. The Morgan fingerprint density at radius 3 is 3.13 bits per heavy atom. The minimum atomic E-state index is -0.822. The van der Waals surface area contributed by atoms with Gasteiger partial charge in [0, 0.05) is 18.4 Å². The number of thioether (sulfide) groups is 1. The Hall–Kier alpha value is -1.11.